The molecule has 27 heavy (non-hydrogen) atoms. The zero-order valence-corrected chi connectivity index (χ0v) is 16.0. The molecule has 0 unspecified atom stereocenters. The number of fused-ring (bicyclic) bond motifs is 1. The molecule has 2 aromatic carbocycles. The van der Waals surface area contributed by atoms with E-state index in [2.05, 4.69) is 20.1 Å². The minimum atomic E-state index is 0.558. The maximum Gasteiger partial charge on any atom is 0.204 e. The van der Waals surface area contributed by atoms with Crippen LogP contribution in [-0.2, 0) is 6.54 Å². The molecule has 1 N–H and O–H groups in total. The summed E-state index contributed by atoms with van der Waals surface area (Å²) < 4.78 is 8.97. The lowest BCUT2D eigenvalue weighted by Gasteiger charge is -2.08. The van der Waals surface area contributed by atoms with E-state index in [9.17, 15) is 0 Å². The van der Waals surface area contributed by atoms with Crippen molar-refractivity contribution in [2.75, 3.05) is 12.0 Å². The van der Waals surface area contributed by atoms with E-state index in [-0.39, 0.29) is 0 Å². The van der Waals surface area contributed by atoms with E-state index >= 15 is 0 Å². The average molecular weight is 397 g/mol. The molecule has 2 heterocycles. The number of hydrogen-bond donors (Lipinski definition) is 1. The van der Waals surface area contributed by atoms with Crippen LogP contribution in [0, 0.1) is 0 Å². The first-order valence-electron chi connectivity index (χ1n) is 8.46. The van der Waals surface area contributed by atoms with Gasteiger partial charge >= 0.3 is 0 Å². The molecule has 0 fully saturated rings. The van der Waals surface area contributed by atoms with Gasteiger partial charge in [-0.05, 0) is 48.5 Å². The fourth-order valence-electron chi connectivity index (χ4n) is 2.61. The molecule has 0 atom stereocenters. The molecule has 5 nitrogen and oxygen atoms in total. The van der Waals surface area contributed by atoms with Gasteiger partial charge in [-0.2, -0.15) is 5.10 Å². The van der Waals surface area contributed by atoms with Gasteiger partial charge in [-0.25, -0.2) is 4.98 Å². The van der Waals surface area contributed by atoms with Crippen LogP contribution in [-0.4, -0.2) is 22.4 Å². The summed E-state index contributed by atoms with van der Waals surface area (Å²) in [7, 11) is 0. The molecule has 0 amide bonds. The van der Waals surface area contributed by atoms with Gasteiger partial charge in [0, 0.05) is 11.2 Å². The first kappa shape index (κ1) is 17.6. The van der Waals surface area contributed by atoms with Gasteiger partial charge in [-0.15, -0.1) is 0 Å². The predicted octanol–water partition coefficient (Wildman–Crippen LogP) is 5.28. The molecular weight excluding hydrogens is 380 g/mol. The SMILES string of the molecule is Clc1ccc(OCCn2cccc2/C=N/Nc2nc3ccccc3s2)cc1. The molecule has 0 spiro atoms. The summed E-state index contributed by atoms with van der Waals surface area (Å²) in [6.45, 7) is 1.28. The van der Waals surface area contributed by atoms with Crippen molar-refractivity contribution in [3.05, 3.63) is 77.6 Å². The number of anilines is 1. The molecule has 0 aliphatic rings. The normalized spacial score (nSPS) is 11.3. The quantitative estimate of drug-likeness (QED) is 0.341. The molecule has 0 aliphatic carbocycles. The van der Waals surface area contributed by atoms with Crippen molar-refractivity contribution in [2.45, 2.75) is 6.54 Å². The van der Waals surface area contributed by atoms with Crippen LogP contribution in [0.25, 0.3) is 10.2 Å². The number of hydrogen-bond acceptors (Lipinski definition) is 5. The van der Waals surface area contributed by atoms with E-state index in [1.54, 1.807) is 17.6 Å². The number of para-hydroxylation sites is 1. The van der Waals surface area contributed by atoms with Gasteiger partial charge in [0.25, 0.3) is 0 Å². The molecule has 0 saturated heterocycles. The van der Waals surface area contributed by atoms with Crippen molar-refractivity contribution in [1.82, 2.24) is 9.55 Å². The van der Waals surface area contributed by atoms with E-state index in [0.29, 0.717) is 11.6 Å². The van der Waals surface area contributed by atoms with Gasteiger partial charge < -0.3 is 9.30 Å². The number of thiazole rings is 1. The summed E-state index contributed by atoms with van der Waals surface area (Å²) in [5, 5.41) is 5.79. The molecule has 2 aromatic heterocycles. The summed E-state index contributed by atoms with van der Waals surface area (Å²) in [6.07, 6.45) is 3.79. The Kier molecular flexibility index (Phi) is 5.37. The second kappa shape index (κ2) is 8.24. The van der Waals surface area contributed by atoms with E-state index in [4.69, 9.17) is 16.3 Å². The van der Waals surface area contributed by atoms with Gasteiger partial charge in [0.05, 0.1) is 28.7 Å². The predicted molar refractivity (Wildman–Crippen MR) is 112 cm³/mol. The van der Waals surface area contributed by atoms with Crippen LogP contribution in [0.5, 0.6) is 5.75 Å². The molecule has 0 radical (unpaired) electrons. The van der Waals surface area contributed by atoms with Crippen molar-refractivity contribution in [3.8, 4) is 5.75 Å². The second-order valence-electron chi connectivity index (χ2n) is 5.79. The number of hydrazone groups is 1. The third-order valence-corrected chi connectivity index (χ3v) is 5.12. The zero-order chi connectivity index (χ0) is 18.5. The third kappa shape index (κ3) is 4.48. The van der Waals surface area contributed by atoms with Crippen molar-refractivity contribution < 1.29 is 4.74 Å². The lowest BCUT2D eigenvalue weighted by molar-refractivity contribution is 0.298. The number of aromatic nitrogens is 2. The Hall–Kier alpha value is -2.83. The van der Waals surface area contributed by atoms with Crippen LogP contribution >= 0.6 is 22.9 Å². The molecule has 7 heteroatoms. The molecule has 0 aliphatic heterocycles. The molecule has 0 saturated carbocycles. The summed E-state index contributed by atoms with van der Waals surface area (Å²) in [6, 6.07) is 19.4. The Labute approximate surface area is 165 Å². The fourth-order valence-corrected chi connectivity index (χ4v) is 3.56. The number of ether oxygens (including phenoxy) is 1. The van der Waals surface area contributed by atoms with Crippen molar-refractivity contribution in [2.24, 2.45) is 5.10 Å². The van der Waals surface area contributed by atoms with Crippen LogP contribution in [0.3, 0.4) is 0 Å². The van der Waals surface area contributed by atoms with Crippen LogP contribution < -0.4 is 10.2 Å². The Morgan fingerprint density at radius 1 is 1.11 bits per heavy atom. The van der Waals surface area contributed by atoms with Crippen LogP contribution in [0.2, 0.25) is 5.02 Å². The van der Waals surface area contributed by atoms with Gasteiger partial charge in [0.2, 0.25) is 5.13 Å². The highest BCUT2D eigenvalue weighted by Gasteiger charge is 2.02. The molecule has 4 aromatic rings. The van der Waals surface area contributed by atoms with E-state index in [1.165, 1.54) is 0 Å². The number of benzene rings is 2. The van der Waals surface area contributed by atoms with Crippen molar-refractivity contribution >= 4 is 44.5 Å². The third-order valence-electron chi connectivity index (χ3n) is 3.93. The second-order valence-corrected chi connectivity index (χ2v) is 7.25. The molecular formula is C20H17ClN4OS. The summed E-state index contributed by atoms with van der Waals surface area (Å²) in [5.41, 5.74) is 4.97. The Morgan fingerprint density at radius 3 is 2.81 bits per heavy atom. The van der Waals surface area contributed by atoms with Gasteiger partial charge in [0.1, 0.15) is 12.4 Å². The smallest absolute Gasteiger partial charge is 0.204 e. The van der Waals surface area contributed by atoms with E-state index < -0.39 is 0 Å². The lowest BCUT2D eigenvalue weighted by Crippen LogP contribution is -2.10. The van der Waals surface area contributed by atoms with Gasteiger partial charge in [0.15, 0.2) is 0 Å². The minimum absolute atomic E-state index is 0.558. The monoisotopic (exact) mass is 396 g/mol. The van der Waals surface area contributed by atoms with E-state index in [0.717, 1.165) is 33.3 Å². The highest BCUT2D eigenvalue weighted by atomic mass is 35.5. The topological polar surface area (TPSA) is 51.4 Å². The maximum absolute atomic E-state index is 5.88. The lowest BCUT2D eigenvalue weighted by atomic mass is 10.3. The van der Waals surface area contributed by atoms with Crippen LogP contribution in [0.4, 0.5) is 5.13 Å². The number of nitrogens with one attached hydrogen (secondary N) is 1. The molecule has 136 valence electrons. The summed E-state index contributed by atoms with van der Waals surface area (Å²) in [5.74, 6) is 0.805. The van der Waals surface area contributed by atoms with E-state index in [1.807, 2.05) is 66.9 Å². The zero-order valence-electron chi connectivity index (χ0n) is 14.4. The first-order valence-corrected chi connectivity index (χ1v) is 9.65. The van der Waals surface area contributed by atoms with Crippen molar-refractivity contribution in [1.29, 1.82) is 0 Å². The largest absolute Gasteiger partial charge is 0.492 e. The Bertz CT molecular complexity index is 1020. The summed E-state index contributed by atoms with van der Waals surface area (Å²) >= 11 is 7.46. The number of halogens is 1. The average Bonchev–Trinajstić information content (AvgIpc) is 3.30. The Balaban J connectivity index is 1.33. The number of nitrogens with zero attached hydrogens (tertiary/aromatic N) is 3. The first-order chi connectivity index (χ1) is 13.3. The highest BCUT2D eigenvalue weighted by Crippen LogP contribution is 2.25. The standard InChI is InChI=1S/C20H17ClN4OS/c21-15-7-9-17(10-8-15)26-13-12-25-11-3-4-16(25)14-22-24-20-23-18-5-1-2-6-19(18)27-20/h1-11,14H,12-13H2,(H,23,24)/b22-14+. The maximum atomic E-state index is 5.88. The van der Waals surface area contributed by atoms with Crippen LogP contribution in [0.1, 0.15) is 5.69 Å². The number of rotatable bonds is 7. The molecule has 0 bridgehead atoms. The fraction of sp³-hybridized carbons (Fsp3) is 0.100. The van der Waals surface area contributed by atoms with Gasteiger partial charge in [-0.1, -0.05) is 35.1 Å². The minimum Gasteiger partial charge on any atom is -0.492 e. The summed E-state index contributed by atoms with van der Waals surface area (Å²) in [4.78, 5) is 4.50. The van der Waals surface area contributed by atoms with Gasteiger partial charge in [-0.3, -0.25) is 5.43 Å². The Morgan fingerprint density at radius 2 is 1.96 bits per heavy atom. The highest BCUT2D eigenvalue weighted by molar-refractivity contribution is 7.22. The van der Waals surface area contributed by atoms with Crippen LogP contribution in [0.15, 0.2) is 72.0 Å². The molecule has 4 rings (SSSR count). The van der Waals surface area contributed by atoms with Crippen molar-refractivity contribution in [3.63, 3.8) is 0 Å².